The average molecular weight is 311 g/mol. The van der Waals surface area contributed by atoms with Crippen LogP contribution >= 0.6 is 0 Å². The van der Waals surface area contributed by atoms with Gasteiger partial charge in [0.2, 0.25) is 0 Å². The van der Waals surface area contributed by atoms with E-state index in [0.29, 0.717) is 5.69 Å². The normalized spacial score (nSPS) is 17.6. The quantitative estimate of drug-likeness (QED) is 0.942. The van der Waals surface area contributed by atoms with Gasteiger partial charge in [-0.1, -0.05) is 18.2 Å². The van der Waals surface area contributed by atoms with E-state index in [2.05, 4.69) is 21.3 Å². The van der Waals surface area contributed by atoms with Gasteiger partial charge in [-0.3, -0.25) is 9.78 Å². The zero-order valence-electron chi connectivity index (χ0n) is 13.2. The third-order valence-electron chi connectivity index (χ3n) is 4.08. The molecule has 1 saturated heterocycles. The molecule has 1 fully saturated rings. The van der Waals surface area contributed by atoms with Crippen molar-refractivity contribution in [1.29, 1.82) is 0 Å². The highest BCUT2D eigenvalue weighted by atomic mass is 16.5. The second-order valence-electron chi connectivity index (χ2n) is 5.65. The molecule has 0 spiro atoms. The predicted octanol–water partition coefficient (Wildman–Crippen LogP) is 2.49. The zero-order valence-corrected chi connectivity index (χ0v) is 13.2. The van der Waals surface area contributed by atoms with Crippen molar-refractivity contribution in [2.45, 2.75) is 18.9 Å². The Bertz CT molecular complexity index is 660. The molecule has 0 radical (unpaired) electrons. The second kappa shape index (κ2) is 7.13. The van der Waals surface area contributed by atoms with Crippen LogP contribution in [-0.2, 0) is 0 Å². The van der Waals surface area contributed by atoms with Gasteiger partial charge in [0, 0.05) is 25.3 Å². The van der Waals surface area contributed by atoms with Gasteiger partial charge >= 0.3 is 0 Å². The molecule has 0 aliphatic carbocycles. The van der Waals surface area contributed by atoms with E-state index in [4.69, 9.17) is 4.74 Å². The molecule has 3 rings (SSSR count). The van der Waals surface area contributed by atoms with Crippen molar-refractivity contribution in [2.24, 2.45) is 0 Å². The molecule has 2 aromatic rings. The predicted molar refractivity (Wildman–Crippen MR) is 89.9 cm³/mol. The zero-order chi connectivity index (χ0) is 16.1. The molecular weight excluding hydrogens is 290 g/mol. The van der Waals surface area contributed by atoms with Crippen LogP contribution < -0.4 is 15.0 Å². The first-order chi connectivity index (χ1) is 11.3. The van der Waals surface area contributed by atoms with Gasteiger partial charge in [-0.05, 0) is 37.1 Å². The molecule has 1 aromatic carbocycles. The summed E-state index contributed by atoms with van der Waals surface area (Å²) in [6.07, 6.45) is 3.65. The lowest BCUT2D eigenvalue weighted by Crippen LogP contribution is -2.48. The number of aromatic nitrogens is 1. The first-order valence-electron chi connectivity index (χ1n) is 7.88. The number of para-hydroxylation sites is 2. The smallest absolute Gasteiger partial charge is 0.270 e. The second-order valence-corrected chi connectivity index (χ2v) is 5.65. The van der Waals surface area contributed by atoms with E-state index < -0.39 is 0 Å². The van der Waals surface area contributed by atoms with Crippen LogP contribution in [0.2, 0.25) is 0 Å². The molecular formula is C18H21N3O2. The molecule has 1 atom stereocenters. The number of nitrogens with zero attached hydrogens (tertiary/aromatic N) is 2. The Kier molecular flexibility index (Phi) is 4.76. The summed E-state index contributed by atoms with van der Waals surface area (Å²) in [5.74, 6) is 0.752. The fourth-order valence-electron chi connectivity index (χ4n) is 2.96. The minimum atomic E-state index is -0.113. The molecule has 1 N–H and O–H groups in total. The Hall–Kier alpha value is -2.56. The Balaban J connectivity index is 1.68. The lowest BCUT2D eigenvalue weighted by molar-refractivity contribution is 0.0928. The Morgan fingerprint density at radius 2 is 2.09 bits per heavy atom. The standard InChI is InChI=1S/C18H21N3O2/c1-23-17-10-3-2-9-16(17)21-12-6-7-14(13-21)20-18(22)15-8-4-5-11-19-15/h2-5,8-11,14H,6-7,12-13H2,1H3,(H,20,22). The molecule has 1 aliphatic rings. The highest BCUT2D eigenvalue weighted by Crippen LogP contribution is 2.29. The topological polar surface area (TPSA) is 54.5 Å². The molecule has 0 saturated carbocycles. The van der Waals surface area contributed by atoms with Crippen molar-refractivity contribution in [2.75, 3.05) is 25.1 Å². The van der Waals surface area contributed by atoms with E-state index in [1.54, 1.807) is 25.4 Å². The van der Waals surface area contributed by atoms with Gasteiger partial charge in [-0.2, -0.15) is 0 Å². The lowest BCUT2D eigenvalue weighted by Gasteiger charge is -2.35. The molecule has 5 heteroatoms. The highest BCUT2D eigenvalue weighted by molar-refractivity contribution is 5.92. The van der Waals surface area contributed by atoms with E-state index >= 15 is 0 Å². The fraction of sp³-hybridized carbons (Fsp3) is 0.333. The van der Waals surface area contributed by atoms with Crippen LogP contribution in [0.5, 0.6) is 5.75 Å². The number of carbonyl (C=O) groups is 1. The van der Waals surface area contributed by atoms with Crippen molar-refractivity contribution >= 4 is 11.6 Å². The van der Waals surface area contributed by atoms with Crippen molar-refractivity contribution in [3.63, 3.8) is 0 Å². The summed E-state index contributed by atoms with van der Waals surface area (Å²) in [4.78, 5) is 18.6. The number of hydrogen-bond donors (Lipinski definition) is 1. The number of nitrogens with one attached hydrogen (secondary N) is 1. The van der Waals surface area contributed by atoms with Crippen LogP contribution in [0.4, 0.5) is 5.69 Å². The molecule has 23 heavy (non-hydrogen) atoms. The number of anilines is 1. The fourth-order valence-corrected chi connectivity index (χ4v) is 2.96. The Labute approximate surface area is 136 Å². The number of pyridine rings is 1. The Morgan fingerprint density at radius 1 is 1.26 bits per heavy atom. The van der Waals surface area contributed by atoms with Crippen molar-refractivity contribution in [1.82, 2.24) is 10.3 Å². The summed E-state index contributed by atoms with van der Waals surface area (Å²) in [5.41, 5.74) is 1.54. The maximum atomic E-state index is 12.3. The number of benzene rings is 1. The third-order valence-corrected chi connectivity index (χ3v) is 4.08. The van der Waals surface area contributed by atoms with Crippen LogP contribution in [0.25, 0.3) is 0 Å². The van der Waals surface area contributed by atoms with Crippen molar-refractivity contribution in [3.05, 3.63) is 54.4 Å². The maximum Gasteiger partial charge on any atom is 0.270 e. The van der Waals surface area contributed by atoms with Gasteiger partial charge in [0.15, 0.2) is 0 Å². The summed E-state index contributed by atoms with van der Waals surface area (Å²) in [6.45, 7) is 1.75. The van der Waals surface area contributed by atoms with Gasteiger partial charge in [-0.15, -0.1) is 0 Å². The van der Waals surface area contributed by atoms with E-state index in [1.165, 1.54) is 0 Å². The van der Waals surface area contributed by atoms with Crippen LogP contribution in [-0.4, -0.2) is 37.1 Å². The number of rotatable bonds is 4. The van der Waals surface area contributed by atoms with Crippen LogP contribution in [0.15, 0.2) is 48.7 Å². The minimum absolute atomic E-state index is 0.113. The summed E-state index contributed by atoms with van der Waals surface area (Å²) < 4.78 is 5.45. The molecule has 1 aromatic heterocycles. The molecule has 5 nitrogen and oxygen atoms in total. The van der Waals surface area contributed by atoms with Crippen molar-refractivity contribution in [3.8, 4) is 5.75 Å². The first kappa shape index (κ1) is 15.3. The average Bonchev–Trinajstić information content (AvgIpc) is 2.62. The number of piperidine rings is 1. The largest absolute Gasteiger partial charge is 0.495 e. The lowest BCUT2D eigenvalue weighted by atomic mass is 10.0. The van der Waals surface area contributed by atoms with Crippen LogP contribution in [0.3, 0.4) is 0 Å². The molecule has 120 valence electrons. The maximum absolute atomic E-state index is 12.3. The number of hydrogen-bond acceptors (Lipinski definition) is 4. The van der Waals surface area contributed by atoms with E-state index in [1.807, 2.05) is 24.3 Å². The van der Waals surface area contributed by atoms with Gasteiger partial charge in [0.1, 0.15) is 11.4 Å². The van der Waals surface area contributed by atoms with Crippen LogP contribution in [0.1, 0.15) is 23.3 Å². The van der Waals surface area contributed by atoms with Gasteiger partial charge < -0.3 is 15.0 Å². The van der Waals surface area contributed by atoms with E-state index in [9.17, 15) is 4.79 Å². The molecule has 1 aliphatic heterocycles. The van der Waals surface area contributed by atoms with Gasteiger partial charge in [0.25, 0.3) is 5.91 Å². The summed E-state index contributed by atoms with van der Waals surface area (Å²) in [5, 5.41) is 3.09. The molecule has 2 heterocycles. The van der Waals surface area contributed by atoms with Gasteiger partial charge in [0.05, 0.1) is 12.8 Å². The van der Waals surface area contributed by atoms with Crippen LogP contribution in [0, 0.1) is 0 Å². The number of ether oxygens (including phenoxy) is 1. The van der Waals surface area contributed by atoms with E-state index in [-0.39, 0.29) is 11.9 Å². The third kappa shape index (κ3) is 3.62. The van der Waals surface area contributed by atoms with Crippen molar-refractivity contribution < 1.29 is 9.53 Å². The summed E-state index contributed by atoms with van der Waals surface area (Å²) in [7, 11) is 1.68. The SMILES string of the molecule is COc1ccccc1N1CCCC(NC(=O)c2ccccn2)C1. The Morgan fingerprint density at radius 3 is 2.87 bits per heavy atom. The number of carbonyl (C=O) groups excluding carboxylic acids is 1. The number of amides is 1. The minimum Gasteiger partial charge on any atom is -0.495 e. The monoisotopic (exact) mass is 311 g/mol. The molecule has 1 unspecified atom stereocenters. The summed E-state index contributed by atoms with van der Waals surface area (Å²) >= 11 is 0. The van der Waals surface area contributed by atoms with E-state index in [0.717, 1.165) is 37.4 Å². The highest BCUT2D eigenvalue weighted by Gasteiger charge is 2.23. The number of methoxy groups -OCH3 is 1. The molecule has 0 bridgehead atoms. The van der Waals surface area contributed by atoms with Gasteiger partial charge in [-0.25, -0.2) is 0 Å². The summed E-state index contributed by atoms with van der Waals surface area (Å²) in [6, 6.07) is 13.5. The first-order valence-corrected chi connectivity index (χ1v) is 7.88. The molecule has 1 amide bonds.